The summed E-state index contributed by atoms with van der Waals surface area (Å²) in [4.78, 5) is 24.0. The zero-order valence-electron chi connectivity index (χ0n) is 15.8. The second kappa shape index (κ2) is 9.05. The zero-order valence-corrected chi connectivity index (χ0v) is 17.5. The molecule has 0 radical (unpaired) electrons. The van der Waals surface area contributed by atoms with Crippen molar-refractivity contribution in [1.29, 1.82) is 0 Å². The Labute approximate surface area is 166 Å². The fourth-order valence-corrected chi connectivity index (χ4v) is 3.87. The zero-order chi connectivity index (χ0) is 20.0. The molecule has 3 N–H and O–H groups in total. The van der Waals surface area contributed by atoms with Crippen molar-refractivity contribution in [1.82, 2.24) is 20.8 Å². The quantitative estimate of drug-likeness (QED) is 0.628. The van der Waals surface area contributed by atoms with E-state index in [0.717, 1.165) is 5.69 Å². The molecule has 1 atom stereocenters. The van der Waals surface area contributed by atoms with Crippen LogP contribution < -0.4 is 20.7 Å². The molecule has 0 saturated heterocycles. The molecule has 2 rings (SSSR count). The molecule has 8 nitrogen and oxygen atoms in total. The number of urea groups is 1. The minimum atomic E-state index is -0.518. The Balaban J connectivity index is 1.92. The minimum absolute atomic E-state index is 0.392. The predicted octanol–water partition coefficient (Wildman–Crippen LogP) is 3.40. The van der Waals surface area contributed by atoms with Crippen LogP contribution >= 0.6 is 23.1 Å². The average Bonchev–Trinajstić information content (AvgIpc) is 3.00. The molecule has 0 fully saturated rings. The number of nitrogens with zero attached hydrogens (tertiary/aromatic N) is 2. The Morgan fingerprint density at radius 1 is 1.22 bits per heavy atom. The number of para-hydroxylation sites is 2. The first kappa shape index (κ1) is 21.0. The van der Waals surface area contributed by atoms with Crippen LogP contribution in [0.4, 0.5) is 15.6 Å². The van der Waals surface area contributed by atoms with Gasteiger partial charge in [0.05, 0.1) is 18.0 Å². The summed E-state index contributed by atoms with van der Waals surface area (Å²) in [5.74, 6) is 0.302. The second-order valence-corrected chi connectivity index (χ2v) is 9.22. The monoisotopic (exact) mass is 409 g/mol. The molecule has 1 aromatic heterocycles. The van der Waals surface area contributed by atoms with Crippen molar-refractivity contribution in [3.8, 4) is 5.75 Å². The fraction of sp³-hybridized carbons (Fsp3) is 0.412. The molecule has 1 aromatic carbocycles. The molecule has 0 aliphatic rings. The van der Waals surface area contributed by atoms with Crippen LogP contribution in [0.5, 0.6) is 5.75 Å². The first-order chi connectivity index (χ1) is 12.7. The van der Waals surface area contributed by atoms with Gasteiger partial charge in [-0.05, 0) is 39.8 Å². The lowest BCUT2D eigenvalue weighted by Crippen LogP contribution is -2.49. The molecule has 10 heteroatoms. The van der Waals surface area contributed by atoms with Crippen LogP contribution in [-0.2, 0) is 4.79 Å². The molecular weight excluding hydrogens is 386 g/mol. The van der Waals surface area contributed by atoms with E-state index in [9.17, 15) is 9.59 Å². The third kappa shape index (κ3) is 6.72. The summed E-state index contributed by atoms with van der Waals surface area (Å²) in [6.07, 6.45) is 0. The molecule has 1 unspecified atom stereocenters. The summed E-state index contributed by atoms with van der Waals surface area (Å²) in [7, 11) is 1.60. The molecule has 146 valence electrons. The largest absolute Gasteiger partial charge is 0.495 e. The Kier molecular flexibility index (Phi) is 7.03. The van der Waals surface area contributed by atoms with Crippen LogP contribution in [0, 0.1) is 0 Å². The molecule has 0 bridgehead atoms. The number of hydrogen-bond donors (Lipinski definition) is 3. The molecule has 0 spiro atoms. The maximum absolute atomic E-state index is 12.2. The number of hydrogen-bond acceptors (Lipinski definition) is 8. The highest BCUT2D eigenvalue weighted by Gasteiger charge is 2.21. The van der Waals surface area contributed by atoms with E-state index in [2.05, 4.69) is 26.1 Å². The number of amides is 3. The topological polar surface area (TPSA) is 105 Å². The van der Waals surface area contributed by atoms with Gasteiger partial charge in [-0.1, -0.05) is 35.2 Å². The third-order valence-electron chi connectivity index (χ3n) is 3.13. The third-order valence-corrected chi connectivity index (χ3v) is 5.15. The first-order valence-corrected chi connectivity index (χ1v) is 9.91. The van der Waals surface area contributed by atoms with E-state index in [0.29, 0.717) is 15.2 Å². The summed E-state index contributed by atoms with van der Waals surface area (Å²) in [6, 6.07) is 6.96. The van der Waals surface area contributed by atoms with Gasteiger partial charge in [0.25, 0.3) is 0 Å². The summed E-state index contributed by atoms with van der Waals surface area (Å²) in [6.45, 7) is 7.23. The minimum Gasteiger partial charge on any atom is -0.495 e. The number of nitrogens with one attached hydrogen (secondary N) is 3. The van der Waals surface area contributed by atoms with E-state index in [1.54, 1.807) is 14.0 Å². The van der Waals surface area contributed by atoms with Crippen LogP contribution in [0.2, 0.25) is 0 Å². The standard InChI is InChI=1S/C17H23N5O3S2/c1-10(13(23)19-14(24)20-17(2,3)4)26-16-22-21-15(27-16)18-11-8-6-7-9-12(11)25-5/h6-10H,1-5H3,(H,18,21)(H2,19,20,23,24). The van der Waals surface area contributed by atoms with E-state index >= 15 is 0 Å². The van der Waals surface area contributed by atoms with Crippen molar-refractivity contribution in [3.05, 3.63) is 24.3 Å². The van der Waals surface area contributed by atoms with Gasteiger partial charge in [0.1, 0.15) is 5.75 Å². The molecule has 0 saturated carbocycles. The van der Waals surface area contributed by atoms with Crippen molar-refractivity contribution >= 4 is 45.9 Å². The van der Waals surface area contributed by atoms with Gasteiger partial charge in [0.2, 0.25) is 11.0 Å². The first-order valence-electron chi connectivity index (χ1n) is 8.21. The summed E-state index contributed by atoms with van der Waals surface area (Å²) in [5, 5.41) is 16.4. The maximum Gasteiger partial charge on any atom is 0.321 e. The lowest BCUT2D eigenvalue weighted by atomic mass is 10.1. The smallest absolute Gasteiger partial charge is 0.321 e. The second-order valence-electron chi connectivity index (χ2n) is 6.65. The SMILES string of the molecule is COc1ccccc1Nc1nnc(SC(C)C(=O)NC(=O)NC(C)(C)C)s1. The van der Waals surface area contributed by atoms with E-state index < -0.39 is 22.7 Å². The van der Waals surface area contributed by atoms with Gasteiger partial charge >= 0.3 is 6.03 Å². The van der Waals surface area contributed by atoms with Gasteiger partial charge in [0.15, 0.2) is 4.34 Å². The number of carbonyl (C=O) groups is 2. The normalized spacial score (nSPS) is 12.2. The number of thioether (sulfide) groups is 1. The number of methoxy groups -OCH3 is 1. The summed E-state index contributed by atoms with van der Waals surface area (Å²) < 4.78 is 5.91. The highest BCUT2D eigenvalue weighted by atomic mass is 32.2. The number of carbonyl (C=O) groups excluding carboxylic acids is 2. The molecular formula is C17H23N5O3S2. The average molecular weight is 410 g/mol. The molecule has 1 heterocycles. The molecule has 0 aliphatic carbocycles. The van der Waals surface area contributed by atoms with Crippen molar-refractivity contribution in [3.63, 3.8) is 0 Å². The number of imide groups is 1. The molecule has 0 aliphatic heterocycles. The van der Waals surface area contributed by atoms with Crippen molar-refractivity contribution in [2.24, 2.45) is 0 Å². The van der Waals surface area contributed by atoms with Crippen molar-refractivity contribution < 1.29 is 14.3 Å². The van der Waals surface area contributed by atoms with Crippen LogP contribution in [0.25, 0.3) is 0 Å². The van der Waals surface area contributed by atoms with Crippen LogP contribution in [-0.4, -0.2) is 40.0 Å². The Hall–Kier alpha value is -2.33. The number of ether oxygens (including phenoxy) is 1. The van der Waals surface area contributed by atoms with Crippen molar-refractivity contribution in [2.45, 2.75) is 42.8 Å². The Morgan fingerprint density at radius 3 is 2.59 bits per heavy atom. The number of anilines is 2. The van der Waals surface area contributed by atoms with Gasteiger partial charge < -0.3 is 15.4 Å². The Bertz CT molecular complexity index is 804. The Morgan fingerprint density at radius 2 is 1.93 bits per heavy atom. The maximum atomic E-state index is 12.2. The van der Waals surface area contributed by atoms with Gasteiger partial charge in [0, 0.05) is 5.54 Å². The molecule has 3 amide bonds. The molecule has 2 aromatic rings. The van der Waals surface area contributed by atoms with Gasteiger partial charge in [-0.15, -0.1) is 10.2 Å². The summed E-state index contributed by atoms with van der Waals surface area (Å²) in [5.41, 5.74) is 0.358. The highest BCUT2D eigenvalue weighted by Crippen LogP contribution is 2.32. The van der Waals surface area contributed by atoms with E-state index in [4.69, 9.17) is 4.74 Å². The van der Waals surface area contributed by atoms with Gasteiger partial charge in [-0.2, -0.15) is 0 Å². The van der Waals surface area contributed by atoms with Gasteiger partial charge in [-0.3, -0.25) is 10.1 Å². The lowest BCUT2D eigenvalue weighted by molar-refractivity contribution is -0.119. The fourth-order valence-electron chi connectivity index (χ4n) is 1.96. The van der Waals surface area contributed by atoms with Gasteiger partial charge in [-0.25, -0.2) is 4.79 Å². The van der Waals surface area contributed by atoms with E-state index in [-0.39, 0.29) is 0 Å². The van der Waals surface area contributed by atoms with Crippen LogP contribution in [0.1, 0.15) is 27.7 Å². The summed E-state index contributed by atoms with van der Waals surface area (Å²) >= 11 is 2.55. The van der Waals surface area contributed by atoms with Crippen molar-refractivity contribution in [2.75, 3.05) is 12.4 Å². The van der Waals surface area contributed by atoms with Crippen LogP contribution in [0.3, 0.4) is 0 Å². The highest BCUT2D eigenvalue weighted by molar-refractivity contribution is 8.02. The van der Waals surface area contributed by atoms with E-state index in [1.807, 2.05) is 45.0 Å². The number of aromatic nitrogens is 2. The number of benzene rings is 1. The number of rotatable bonds is 6. The van der Waals surface area contributed by atoms with Crippen LogP contribution in [0.15, 0.2) is 28.6 Å². The molecule has 27 heavy (non-hydrogen) atoms. The predicted molar refractivity (Wildman–Crippen MR) is 108 cm³/mol. The lowest BCUT2D eigenvalue weighted by Gasteiger charge is -2.20. The van der Waals surface area contributed by atoms with E-state index in [1.165, 1.54) is 23.1 Å².